The maximum atomic E-state index is 12.3. The van der Waals surface area contributed by atoms with Gasteiger partial charge in [0, 0.05) is 31.2 Å². The molecule has 0 aliphatic carbocycles. The first-order valence-corrected chi connectivity index (χ1v) is 5.90. The lowest BCUT2D eigenvalue weighted by Gasteiger charge is -2.32. The van der Waals surface area contributed by atoms with Crippen LogP contribution in [0.4, 0.5) is 0 Å². The van der Waals surface area contributed by atoms with Gasteiger partial charge in [-0.2, -0.15) is 0 Å². The zero-order valence-electron chi connectivity index (χ0n) is 10.2. The minimum atomic E-state index is 0.0517. The van der Waals surface area contributed by atoms with E-state index in [1.807, 2.05) is 11.8 Å². The van der Waals surface area contributed by atoms with Crippen molar-refractivity contribution in [1.82, 2.24) is 10.2 Å². The van der Waals surface area contributed by atoms with Crippen molar-refractivity contribution in [2.24, 2.45) is 0 Å². The lowest BCUT2D eigenvalue weighted by atomic mass is 10.1. The molecule has 0 radical (unpaired) electrons. The van der Waals surface area contributed by atoms with E-state index in [1.54, 1.807) is 18.2 Å². The molecule has 1 atom stereocenters. The third kappa shape index (κ3) is 2.58. The van der Waals surface area contributed by atoms with Gasteiger partial charge in [0.25, 0.3) is 5.91 Å². The summed E-state index contributed by atoms with van der Waals surface area (Å²) in [7, 11) is 0. The number of amides is 1. The highest BCUT2D eigenvalue weighted by atomic mass is 16.3. The van der Waals surface area contributed by atoms with Crippen LogP contribution in [0.15, 0.2) is 18.2 Å². The van der Waals surface area contributed by atoms with Crippen molar-refractivity contribution in [2.75, 3.05) is 19.6 Å². The highest BCUT2D eigenvalue weighted by molar-refractivity contribution is 5.95. The predicted octanol–water partition coefficient (Wildman–Crippen LogP) is 1.13. The number of rotatable bonds is 1. The van der Waals surface area contributed by atoms with Gasteiger partial charge in [0.2, 0.25) is 0 Å². The van der Waals surface area contributed by atoms with Gasteiger partial charge >= 0.3 is 0 Å². The first kappa shape index (κ1) is 11.9. The van der Waals surface area contributed by atoms with Gasteiger partial charge in [0.05, 0.1) is 0 Å². The molecule has 1 fully saturated rings. The van der Waals surface area contributed by atoms with Crippen LogP contribution in [0.2, 0.25) is 0 Å². The number of benzene rings is 1. The molecule has 0 bridgehead atoms. The molecule has 4 heteroatoms. The Morgan fingerprint density at radius 1 is 1.53 bits per heavy atom. The van der Waals surface area contributed by atoms with Gasteiger partial charge in [-0.25, -0.2) is 0 Å². The summed E-state index contributed by atoms with van der Waals surface area (Å²) in [6.45, 7) is 6.23. The van der Waals surface area contributed by atoms with E-state index in [-0.39, 0.29) is 11.7 Å². The zero-order valence-corrected chi connectivity index (χ0v) is 10.2. The first-order chi connectivity index (χ1) is 8.08. The summed E-state index contributed by atoms with van der Waals surface area (Å²) in [5.41, 5.74) is 1.50. The average molecular weight is 234 g/mol. The number of nitrogens with one attached hydrogen (secondary N) is 1. The Kier molecular flexibility index (Phi) is 3.33. The Labute approximate surface area is 101 Å². The summed E-state index contributed by atoms with van der Waals surface area (Å²) < 4.78 is 0. The van der Waals surface area contributed by atoms with Crippen molar-refractivity contribution in [3.8, 4) is 5.75 Å². The second kappa shape index (κ2) is 4.75. The number of aryl methyl sites for hydroxylation is 1. The van der Waals surface area contributed by atoms with Crippen molar-refractivity contribution in [3.63, 3.8) is 0 Å². The molecule has 0 aromatic heterocycles. The molecule has 1 heterocycles. The van der Waals surface area contributed by atoms with E-state index in [0.717, 1.165) is 25.2 Å². The van der Waals surface area contributed by atoms with Gasteiger partial charge in [-0.3, -0.25) is 4.79 Å². The van der Waals surface area contributed by atoms with Crippen molar-refractivity contribution in [3.05, 3.63) is 29.3 Å². The Bertz CT molecular complexity index is 431. The number of phenolic OH excluding ortho intramolecular Hbond substituents is 1. The van der Waals surface area contributed by atoms with Crippen LogP contribution in [0.25, 0.3) is 0 Å². The molecule has 4 nitrogen and oxygen atoms in total. The van der Waals surface area contributed by atoms with Crippen LogP contribution in [-0.4, -0.2) is 41.6 Å². The lowest BCUT2D eigenvalue weighted by molar-refractivity contribution is 0.0708. The quantitative estimate of drug-likeness (QED) is 0.766. The molecule has 0 unspecified atom stereocenters. The molecular formula is C13H18N2O2. The highest BCUT2D eigenvalue weighted by Gasteiger charge is 2.22. The molecule has 1 amide bonds. The van der Waals surface area contributed by atoms with E-state index in [0.29, 0.717) is 11.6 Å². The Morgan fingerprint density at radius 3 is 2.94 bits per heavy atom. The first-order valence-electron chi connectivity index (χ1n) is 5.90. The number of carbonyl (C=O) groups excluding carboxylic acids is 1. The molecule has 1 aromatic carbocycles. The molecule has 1 aliphatic heterocycles. The van der Waals surface area contributed by atoms with Gasteiger partial charge in [-0.15, -0.1) is 0 Å². The van der Waals surface area contributed by atoms with Gasteiger partial charge < -0.3 is 15.3 Å². The SMILES string of the molecule is Cc1cc(O)ccc1C(=O)N1CCN[C@H](C)C1. The summed E-state index contributed by atoms with van der Waals surface area (Å²) in [5.74, 6) is 0.253. The number of hydrogen-bond acceptors (Lipinski definition) is 3. The Morgan fingerprint density at radius 2 is 2.29 bits per heavy atom. The van der Waals surface area contributed by atoms with Crippen molar-refractivity contribution in [1.29, 1.82) is 0 Å². The molecular weight excluding hydrogens is 216 g/mol. The normalized spacial score (nSPS) is 20.4. The minimum Gasteiger partial charge on any atom is -0.508 e. The topological polar surface area (TPSA) is 52.6 Å². The van der Waals surface area contributed by atoms with E-state index >= 15 is 0 Å². The van der Waals surface area contributed by atoms with E-state index in [2.05, 4.69) is 12.2 Å². The number of nitrogens with zero attached hydrogens (tertiary/aromatic N) is 1. The summed E-state index contributed by atoms with van der Waals surface area (Å²) in [6, 6.07) is 5.22. The maximum Gasteiger partial charge on any atom is 0.254 e. The smallest absolute Gasteiger partial charge is 0.254 e. The molecule has 92 valence electrons. The number of piperazine rings is 1. The fourth-order valence-electron chi connectivity index (χ4n) is 2.17. The summed E-state index contributed by atoms with van der Waals surface area (Å²) in [5, 5.41) is 12.6. The fraction of sp³-hybridized carbons (Fsp3) is 0.462. The summed E-state index contributed by atoms with van der Waals surface area (Å²) >= 11 is 0. The van der Waals surface area contributed by atoms with Gasteiger partial charge in [0.15, 0.2) is 0 Å². The van der Waals surface area contributed by atoms with Crippen LogP contribution < -0.4 is 5.32 Å². The third-order valence-electron chi connectivity index (χ3n) is 3.10. The van der Waals surface area contributed by atoms with Gasteiger partial charge in [-0.05, 0) is 37.6 Å². The Balaban J connectivity index is 2.18. The van der Waals surface area contributed by atoms with E-state index in [9.17, 15) is 9.90 Å². The largest absolute Gasteiger partial charge is 0.508 e. The number of phenols is 1. The molecule has 1 saturated heterocycles. The van der Waals surface area contributed by atoms with Gasteiger partial charge in [0.1, 0.15) is 5.75 Å². The summed E-state index contributed by atoms with van der Waals surface area (Å²) in [4.78, 5) is 14.2. The number of hydrogen-bond donors (Lipinski definition) is 2. The minimum absolute atomic E-state index is 0.0517. The number of carbonyl (C=O) groups is 1. The van der Waals surface area contributed by atoms with Crippen LogP contribution in [0.1, 0.15) is 22.8 Å². The van der Waals surface area contributed by atoms with Crippen molar-refractivity contribution in [2.45, 2.75) is 19.9 Å². The van der Waals surface area contributed by atoms with Crippen LogP contribution in [0.5, 0.6) is 5.75 Å². The number of aromatic hydroxyl groups is 1. The molecule has 0 saturated carbocycles. The predicted molar refractivity (Wildman–Crippen MR) is 66.2 cm³/mol. The summed E-state index contributed by atoms with van der Waals surface area (Å²) in [6.07, 6.45) is 0. The van der Waals surface area contributed by atoms with E-state index < -0.39 is 0 Å². The zero-order chi connectivity index (χ0) is 12.4. The second-order valence-corrected chi connectivity index (χ2v) is 4.61. The molecule has 0 spiro atoms. The van der Waals surface area contributed by atoms with Crippen molar-refractivity contribution < 1.29 is 9.90 Å². The molecule has 1 aliphatic rings. The standard InChI is InChI=1S/C13H18N2O2/c1-9-7-11(16)3-4-12(9)13(17)15-6-5-14-10(2)8-15/h3-4,7,10,14,16H,5-6,8H2,1-2H3/t10-/m1/s1. The molecule has 2 rings (SSSR count). The monoisotopic (exact) mass is 234 g/mol. The van der Waals surface area contributed by atoms with Crippen LogP contribution in [0.3, 0.4) is 0 Å². The van der Waals surface area contributed by atoms with Crippen LogP contribution in [-0.2, 0) is 0 Å². The van der Waals surface area contributed by atoms with Gasteiger partial charge in [-0.1, -0.05) is 0 Å². The van der Waals surface area contributed by atoms with Crippen LogP contribution >= 0.6 is 0 Å². The Hall–Kier alpha value is -1.55. The molecule has 2 N–H and O–H groups in total. The van der Waals surface area contributed by atoms with Crippen LogP contribution in [0, 0.1) is 6.92 Å². The van der Waals surface area contributed by atoms with E-state index in [4.69, 9.17) is 0 Å². The van der Waals surface area contributed by atoms with E-state index in [1.165, 1.54) is 0 Å². The average Bonchev–Trinajstić information content (AvgIpc) is 2.28. The fourth-order valence-corrected chi connectivity index (χ4v) is 2.17. The molecule has 1 aromatic rings. The lowest BCUT2D eigenvalue weighted by Crippen LogP contribution is -2.51. The maximum absolute atomic E-state index is 12.3. The highest BCUT2D eigenvalue weighted by Crippen LogP contribution is 2.18. The third-order valence-corrected chi connectivity index (χ3v) is 3.10. The second-order valence-electron chi connectivity index (χ2n) is 4.61. The molecule has 17 heavy (non-hydrogen) atoms. The van der Waals surface area contributed by atoms with Crippen molar-refractivity contribution >= 4 is 5.91 Å².